The van der Waals surface area contributed by atoms with Crippen LogP contribution in [0.1, 0.15) is 31.2 Å². The highest BCUT2D eigenvalue weighted by molar-refractivity contribution is 7.99. The van der Waals surface area contributed by atoms with Gasteiger partial charge in [0.2, 0.25) is 5.91 Å². The molecule has 0 aliphatic heterocycles. The van der Waals surface area contributed by atoms with Gasteiger partial charge in [-0.15, -0.1) is 16.8 Å². The second kappa shape index (κ2) is 8.89. The Morgan fingerprint density at radius 3 is 2.71 bits per heavy atom. The number of rotatable bonds is 8. The molecule has 0 unspecified atom stereocenters. The summed E-state index contributed by atoms with van der Waals surface area (Å²) >= 11 is 7.22. The van der Waals surface area contributed by atoms with E-state index in [9.17, 15) is 4.79 Å². The largest absolute Gasteiger partial charge is 0.351 e. The molecule has 1 aromatic heterocycles. The molecule has 0 bridgehead atoms. The quantitative estimate of drug-likeness (QED) is 0.573. The van der Waals surface area contributed by atoms with Gasteiger partial charge in [-0.25, -0.2) is 0 Å². The minimum absolute atomic E-state index is 0.0470. The van der Waals surface area contributed by atoms with Gasteiger partial charge in [0.25, 0.3) is 0 Å². The number of nitrogens with zero attached hydrogens (tertiary/aromatic N) is 3. The van der Waals surface area contributed by atoms with E-state index in [0.29, 0.717) is 23.9 Å². The number of hydrogen-bond acceptors (Lipinski definition) is 4. The molecule has 7 heteroatoms. The molecule has 5 nitrogen and oxygen atoms in total. The molecular formula is C17H21ClN4OS. The van der Waals surface area contributed by atoms with Gasteiger partial charge in [-0.05, 0) is 17.7 Å². The maximum absolute atomic E-state index is 12.0. The number of allylic oxidation sites excluding steroid dienone is 1. The molecule has 128 valence electrons. The van der Waals surface area contributed by atoms with Gasteiger partial charge in [0.15, 0.2) is 5.16 Å². The Balaban J connectivity index is 1.89. The molecule has 1 heterocycles. The zero-order chi connectivity index (χ0) is 17.5. The number of amides is 1. The predicted octanol–water partition coefficient (Wildman–Crippen LogP) is 3.65. The standard InChI is InChI=1S/C17H21ClN4OS/c1-4-9-22-16(12(2)3)20-21-17(22)24-11-15(23)19-10-13-5-7-14(18)8-6-13/h4-8,12H,1,9-11H2,2-3H3,(H,19,23). The minimum Gasteiger partial charge on any atom is -0.351 e. The van der Waals surface area contributed by atoms with Crippen LogP contribution in [0.3, 0.4) is 0 Å². The molecule has 1 N–H and O–H groups in total. The van der Waals surface area contributed by atoms with E-state index >= 15 is 0 Å². The van der Waals surface area contributed by atoms with Crippen molar-refractivity contribution in [3.05, 3.63) is 53.3 Å². The molecule has 0 aliphatic rings. The van der Waals surface area contributed by atoms with Crippen LogP contribution in [0.4, 0.5) is 0 Å². The number of aromatic nitrogens is 3. The van der Waals surface area contributed by atoms with Gasteiger partial charge in [0.05, 0.1) is 5.75 Å². The smallest absolute Gasteiger partial charge is 0.230 e. The lowest BCUT2D eigenvalue weighted by Gasteiger charge is -2.09. The van der Waals surface area contributed by atoms with E-state index in [4.69, 9.17) is 11.6 Å². The Morgan fingerprint density at radius 2 is 2.08 bits per heavy atom. The summed E-state index contributed by atoms with van der Waals surface area (Å²) in [5, 5.41) is 12.7. The van der Waals surface area contributed by atoms with Gasteiger partial charge in [0.1, 0.15) is 5.82 Å². The molecule has 2 rings (SSSR count). The van der Waals surface area contributed by atoms with E-state index in [0.717, 1.165) is 16.5 Å². The first kappa shape index (κ1) is 18.5. The van der Waals surface area contributed by atoms with E-state index in [1.54, 1.807) is 6.08 Å². The van der Waals surface area contributed by atoms with Gasteiger partial charge in [-0.1, -0.05) is 55.4 Å². The van der Waals surface area contributed by atoms with Crippen LogP contribution in [0.15, 0.2) is 42.1 Å². The molecular weight excluding hydrogens is 344 g/mol. The molecule has 1 amide bonds. The number of halogens is 1. The van der Waals surface area contributed by atoms with Gasteiger partial charge < -0.3 is 9.88 Å². The second-order valence-corrected chi connectivity index (χ2v) is 6.97. The summed E-state index contributed by atoms with van der Waals surface area (Å²) in [5.41, 5.74) is 1.01. The maximum atomic E-state index is 12.0. The molecule has 0 spiro atoms. The molecule has 0 radical (unpaired) electrons. The van der Waals surface area contributed by atoms with Crippen molar-refractivity contribution in [2.45, 2.75) is 38.0 Å². The third-order valence-corrected chi connectivity index (χ3v) is 4.53. The van der Waals surface area contributed by atoms with Crippen LogP contribution in [0.5, 0.6) is 0 Å². The van der Waals surface area contributed by atoms with Crippen LogP contribution in [0.25, 0.3) is 0 Å². The van der Waals surface area contributed by atoms with E-state index in [1.165, 1.54) is 11.8 Å². The van der Waals surface area contributed by atoms with Crippen molar-refractivity contribution in [3.63, 3.8) is 0 Å². The number of nitrogens with one attached hydrogen (secondary N) is 1. The average Bonchev–Trinajstić information content (AvgIpc) is 2.96. The molecule has 0 atom stereocenters. The Kier molecular flexibility index (Phi) is 6.87. The highest BCUT2D eigenvalue weighted by Gasteiger charge is 2.15. The lowest BCUT2D eigenvalue weighted by molar-refractivity contribution is -0.118. The molecule has 0 saturated carbocycles. The normalized spacial score (nSPS) is 10.8. The Morgan fingerprint density at radius 1 is 1.38 bits per heavy atom. The maximum Gasteiger partial charge on any atom is 0.230 e. The van der Waals surface area contributed by atoms with Gasteiger partial charge in [-0.2, -0.15) is 0 Å². The van der Waals surface area contributed by atoms with Gasteiger partial charge in [0, 0.05) is 24.0 Å². The summed E-state index contributed by atoms with van der Waals surface area (Å²) in [4.78, 5) is 12.0. The van der Waals surface area contributed by atoms with Crippen molar-refractivity contribution >= 4 is 29.3 Å². The van der Waals surface area contributed by atoms with Crippen molar-refractivity contribution in [3.8, 4) is 0 Å². The number of hydrogen-bond donors (Lipinski definition) is 1. The predicted molar refractivity (Wildman–Crippen MR) is 98.3 cm³/mol. The SMILES string of the molecule is C=CCn1c(SCC(=O)NCc2ccc(Cl)cc2)nnc1C(C)C. The van der Waals surface area contributed by atoms with Crippen LogP contribution in [0.2, 0.25) is 5.02 Å². The fourth-order valence-electron chi connectivity index (χ4n) is 2.12. The van der Waals surface area contributed by atoms with Crippen LogP contribution in [-0.2, 0) is 17.9 Å². The third-order valence-electron chi connectivity index (χ3n) is 3.31. The zero-order valence-electron chi connectivity index (χ0n) is 13.8. The van der Waals surface area contributed by atoms with Crippen LogP contribution < -0.4 is 5.32 Å². The summed E-state index contributed by atoms with van der Waals surface area (Å²) in [6.07, 6.45) is 1.81. The number of carbonyl (C=O) groups is 1. The number of thioether (sulfide) groups is 1. The molecule has 24 heavy (non-hydrogen) atoms. The van der Waals surface area contributed by atoms with Crippen molar-refractivity contribution in [2.24, 2.45) is 0 Å². The second-order valence-electron chi connectivity index (χ2n) is 5.59. The Hall–Kier alpha value is -1.79. The topological polar surface area (TPSA) is 59.8 Å². The van der Waals surface area contributed by atoms with Gasteiger partial charge in [-0.3, -0.25) is 4.79 Å². The fraction of sp³-hybridized carbons (Fsp3) is 0.353. The van der Waals surface area contributed by atoms with E-state index in [-0.39, 0.29) is 11.8 Å². The van der Waals surface area contributed by atoms with Crippen LogP contribution in [0, 0.1) is 0 Å². The van der Waals surface area contributed by atoms with Gasteiger partial charge >= 0.3 is 0 Å². The molecule has 0 saturated heterocycles. The van der Waals surface area contributed by atoms with Crippen molar-refractivity contribution < 1.29 is 4.79 Å². The van der Waals surface area contributed by atoms with Crippen molar-refractivity contribution in [1.29, 1.82) is 0 Å². The first-order chi connectivity index (χ1) is 11.5. The first-order valence-corrected chi connectivity index (χ1v) is 9.05. The summed E-state index contributed by atoms with van der Waals surface area (Å²) in [5.74, 6) is 1.42. The number of carbonyl (C=O) groups excluding carboxylic acids is 1. The molecule has 0 aliphatic carbocycles. The average molecular weight is 365 g/mol. The zero-order valence-corrected chi connectivity index (χ0v) is 15.4. The molecule has 0 fully saturated rings. The van der Waals surface area contributed by atoms with Crippen LogP contribution in [-0.4, -0.2) is 26.4 Å². The lowest BCUT2D eigenvalue weighted by atomic mass is 10.2. The summed E-state index contributed by atoms with van der Waals surface area (Å²) < 4.78 is 1.99. The van der Waals surface area contributed by atoms with Crippen molar-refractivity contribution in [2.75, 3.05) is 5.75 Å². The van der Waals surface area contributed by atoms with Crippen molar-refractivity contribution in [1.82, 2.24) is 20.1 Å². The minimum atomic E-state index is -0.0470. The summed E-state index contributed by atoms with van der Waals surface area (Å²) in [6, 6.07) is 7.41. The highest BCUT2D eigenvalue weighted by atomic mass is 35.5. The first-order valence-electron chi connectivity index (χ1n) is 7.69. The van der Waals surface area contributed by atoms with E-state index in [2.05, 4.69) is 35.9 Å². The monoisotopic (exact) mass is 364 g/mol. The third kappa shape index (κ3) is 5.11. The Bertz CT molecular complexity index is 697. The van der Waals surface area contributed by atoms with Crippen LogP contribution >= 0.6 is 23.4 Å². The Labute approximate surface area is 151 Å². The fourth-order valence-corrected chi connectivity index (χ4v) is 3.03. The summed E-state index contributed by atoms with van der Waals surface area (Å²) in [6.45, 7) is 9.01. The highest BCUT2D eigenvalue weighted by Crippen LogP contribution is 2.21. The molecule has 1 aromatic carbocycles. The summed E-state index contributed by atoms with van der Waals surface area (Å²) in [7, 11) is 0. The lowest BCUT2D eigenvalue weighted by Crippen LogP contribution is -2.24. The van der Waals surface area contributed by atoms with E-state index < -0.39 is 0 Å². The number of benzene rings is 1. The van der Waals surface area contributed by atoms with E-state index in [1.807, 2.05) is 28.8 Å². The molecule has 2 aromatic rings.